The average molecular weight is 407 g/mol. The number of ether oxygens (including phenoxy) is 1. The molecule has 1 aromatic heterocycles. The molecule has 10 heteroatoms. The Kier molecular flexibility index (Phi) is 4.69. The van der Waals surface area contributed by atoms with E-state index in [-0.39, 0.29) is 29.9 Å². The van der Waals surface area contributed by atoms with Gasteiger partial charge >= 0.3 is 6.36 Å². The molecular weight excluding hydrogens is 394 g/mol. The maximum Gasteiger partial charge on any atom is 0.573 e. The number of hydrogen-bond acceptors (Lipinski definition) is 5. The second-order valence-electron chi connectivity index (χ2n) is 6.41. The van der Waals surface area contributed by atoms with Crippen LogP contribution in [0.4, 0.5) is 23.2 Å². The molecular formula is C19H13F4N3O3. The zero-order valence-corrected chi connectivity index (χ0v) is 14.7. The minimum absolute atomic E-state index is 0.117. The molecule has 0 N–H and O–H groups in total. The van der Waals surface area contributed by atoms with Gasteiger partial charge in [0.1, 0.15) is 11.6 Å². The summed E-state index contributed by atoms with van der Waals surface area (Å²) < 4.78 is 58.8. The van der Waals surface area contributed by atoms with Crippen molar-refractivity contribution in [3.8, 4) is 17.2 Å². The van der Waals surface area contributed by atoms with Gasteiger partial charge in [-0.3, -0.25) is 4.79 Å². The normalized spacial score (nSPS) is 17.0. The molecule has 0 radical (unpaired) electrons. The van der Waals surface area contributed by atoms with Crippen molar-refractivity contribution in [2.45, 2.75) is 18.7 Å². The molecule has 29 heavy (non-hydrogen) atoms. The minimum Gasteiger partial charge on any atom is -0.406 e. The molecule has 0 unspecified atom stereocenters. The lowest BCUT2D eigenvalue weighted by Gasteiger charge is -2.15. The van der Waals surface area contributed by atoms with Crippen molar-refractivity contribution in [3.05, 3.63) is 60.2 Å². The van der Waals surface area contributed by atoms with Gasteiger partial charge in [0, 0.05) is 30.1 Å². The fourth-order valence-corrected chi connectivity index (χ4v) is 3.07. The number of nitrogens with zero attached hydrogens (tertiary/aromatic N) is 3. The van der Waals surface area contributed by atoms with E-state index in [1.807, 2.05) is 0 Å². The topological polar surface area (TPSA) is 68.5 Å². The fourth-order valence-electron chi connectivity index (χ4n) is 3.07. The van der Waals surface area contributed by atoms with E-state index in [4.69, 9.17) is 4.52 Å². The number of aromatic nitrogens is 2. The van der Waals surface area contributed by atoms with Gasteiger partial charge in [0.2, 0.25) is 5.91 Å². The van der Waals surface area contributed by atoms with Crippen molar-refractivity contribution in [2.24, 2.45) is 0 Å². The molecule has 0 aliphatic carbocycles. The van der Waals surface area contributed by atoms with Crippen LogP contribution in [-0.2, 0) is 4.79 Å². The average Bonchev–Trinajstić information content (AvgIpc) is 3.29. The van der Waals surface area contributed by atoms with Crippen molar-refractivity contribution < 1.29 is 31.6 Å². The third-order valence-corrected chi connectivity index (χ3v) is 4.41. The summed E-state index contributed by atoms with van der Waals surface area (Å²) in [7, 11) is 0. The molecule has 3 aromatic rings. The molecule has 6 nitrogen and oxygen atoms in total. The molecule has 1 aliphatic rings. The first kappa shape index (κ1) is 18.9. The van der Waals surface area contributed by atoms with Gasteiger partial charge in [-0.15, -0.1) is 13.2 Å². The number of benzene rings is 2. The van der Waals surface area contributed by atoms with Crippen LogP contribution in [0.15, 0.2) is 53.1 Å². The molecule has 1 saturated heterocycles. The molecule has 0 spiro atoms. The molecule has 1 fully saturated rings. The van der Waals surface area contributed by atoms with Crippen LogP contribution in [0.3, 0.4) is 0 Å². The Morgan fingerprint density at radius 1 is 1.07 bits per heavy atom. The Morgan fingerprint density at radius 3 is 2.41 bits per heavy atom. The van der Waals surface area contributed by atoms with Gasteiger partial charge in [0.25, 0.3) is 5.89 Å². The molecule has 0 bridgehead atoms. The van der Waals surface area contributed by atoms with Crippen LogP contribution in [-0.4, -0.2) is 29.0 Å². The molecule has 0 saturated carbocycles. The SMILES string of the molecule is O=C1C[C@H](c2noc(-c3ccc(OC(F)(F)F)cc3)n2)CN1c1ccc(F)cc1. The smallest absolute Gasteiger partial charge is 0.406 e. The summed E-state index contributed by atoms with van der Waals surface area (Å²) in [6, 6.07) is 10.6. The molecule has 1 atom stereocenters. The lowest BCUT2D eigenvalue weighted by Crippen LogP contribution is -2.24. The van der Waals surface area contributed by atoms with Crippen molar-refractivity contribution in [2.75, 3.05) is 11.4 Å². The number of alkyl halides is 3. The van der Waals surface area contributed by atoms with Gasteiger partial charge in [-0.05, 0) is 48.5 Å². The Hall–Kier alpha value is -3.43. The van der Waals surface area contributed by atoms with Crippen LogP contribution in [0.1, 0.15) is 18.2 Å². The van der Waals surface area contributed by atoms with E-state index in [0.717, 1.165) is 12.1 Å². The fraction of sp³-hybridized carbons (Fsp3) is 0.211. The van der Waals surface area contributed by atoms with Gasteiger partial charge < -0.3 is 14.2 Å². The van der Waals surface area contributed by atoms with E-state index in [1.54, 1.807) is 0 Å². The van der Waals surface area contributed by atoms with E-state index in [2.05, 4.69) is 14.9 Å². The molecule has 2 aromatic carbocycles. The maximum absolute atomic E-state index is 13.1. The third-order valence-electron chi connectivity index (χ3n) is 4.41. The van der Waals surface area contributed by atoms with E-state index >= 15 is 0 Å². The second kappa shape index (κ2) is 7.19. The number of amides is 1. The zero-order chi connectivity index (χ0) is 20.6. The van der Waals surface area contributed by atoms with Crippen LogP contribution >= 0.6 is 0 Å². The Labute approximate surface area is 161 Å². The van der Waals surface area contributed by atoms with Crippen LogP contribution < -0.4 is 9.64 Å². The quantitative estimate of drug-likeness (QED) is 0.604. The van der Waals surface area contributed by atoms with Crippen molar-refractivity contribution in [1.82, 2.24) is 10.1 Å². The van der Waals surface area contributed by atoms with Crippen LogP contribution in [0, 0.1) is 5.82 Å². The van der Waals surface area contributed by atoms with Gasteiger partial charge in [-0.2, -0.15) is 4.98 Å². The van der Waals surface area contributed by atoms with Crippen LogP contribution in [0.2, 0.25) is 0 Å². The summed E-state index contributed by atoms with van der Waals surface area (Å²) in [6.07, 6.45) is -4.61. The molecule has 2 heterocycles. The largest absolute Gasteiger partial charge is 0.573 e. The minimum atomic E-state index is -4.77. The highest BCUT2D eigenvalue weighted by Gasteiger charge is 2.35. The monoisotopic (exact) mass is 407 g/mol. The van der Waals surface area contributed by atoms with Gasteiger partial charge in [-0.25, -0.2) is 4.39 Å². The van der Waals surface area contributed by atoms with Gasteiger partial charge in [-0.1, -0.05) is 5.16 Å². The molecule has 4 rings (SSSR count). The predicted molar refractivity (Wildman–Crippen MR) is 92.5 cm³/mol. The van der Waals surface area contributed by atoms with Crippen molar-refractivity contribution in [3.63, 3.8) is 0 Å². The van der Waals surface area contributed by atoms with E-state index < -0.39 is 12.2 Å². The second-order valence-corrected chi connectivity index (χ2v) is 6.41. The van der Waals surface area contributed by atoms with Crippen molar-refractivity contribution in [1.29, 1.82) is 0 Å². The maximum atomic E-state index is 13.1. The number of halogens is 4. The number of carbonyl (C=O) groups is 1. The molecule has 150 valence electrons. The molecule has 1 amide bonds. The summed E-state index contributed by atoms with van der Waals surface area (Å²) in [5, 5.41) is 3.90. The summed E-state index contributed by atoms with van der Waals surface area (Å²) in [4.78, 5) is 18.1. The number of carbonyl (C=O) groups excluding carboxylic acids is 1. The Morgan fingerprint density at radius 2 is 1.76 bits per heavy atom. The first-order chi connectivity index (χ1) is 13.8. The summed E-state index contributed by atoms with van der Waals surface area (Å²) in [5.41, 5.74) is 0.987. The third kappa shape index (κ3) is 4.20. The van der Waals surface area contributed by atoms with Crippen molar-refractivity contribution >= 4 is 11.6 Å². The highest BCUT2D eigenvalue weighted by Crippen LogP contribution is 2.32. The Balaban J connectivity index is 1.48. The molecule has 1 aliphatic heterocycles. The number of hydrogen-bond donors (Lipinski definition) is 0. The lowest BCUT2D eigenvalue weighted by atomic mass is 10.1. The first-order valence-corrected chi connectivity index (χ1v) is 8.54. The highest BCUT2D eigenvalue weighted by molar-refractivity contribution is 5.96. The zero-order valence-electron chi connectivity index (χ0n) is 14.7. The van der Waals surface area contributed by atoms with E-state index in [0.29, 0.717) is 23.6 Å². The Bertz CT molecular complexity index is 1020. The number of rotatable bonds is 4. The summed E-state index contributed by atoms with van der Waals surface area (Å²) >= 11 is 0. The van der Waals surface area contributed by atoms with E-state index in [9.17, 15) is 22.4 Å². The predicted octanol–water partition coefficient (Wildman–Crippen LogP) is 4.29. The van der Waals surface area contributed by atoms with Gasteiger partial charge in [0.05, 0.1) is 0 Å². The lowest BCUT2D eigenvalue weighted by molar-refractivity contribution is -0.274. The highest BCUT2D eigenvalue weighted by atomic mass is 19.4. The standard InChI is InChI=1S/C19H13F4N3O3/c20-13-3-5-14(6-4-13)26-10-12(9-16(26)27)17-24-18(29-25-17)11-1-7-15(8-2-11)28-19(21,22)23/h1-8,12H,9-10H2/t12-/m0/s1. The van der Waals surface area contributed by atoms with Crippen LogP contribution in [0.25, 0.3) is 11.5 Å². The van der Waals surface area contributed by atoms with Gasteiger partial charge in [0.15, 0.2) is 5.82 Å². The number of anilines is 1. The first-order valence-electron chi connectivity index (χ1n) is 8.54. The summed E-state index contributed by atoms with van der Waals surface area (Å²) in [5.74, 6) is -0.803. The summed E-state index contributed by atoms with van der Waals surface area (Å²) in [6.45, 7) is 0.307. The van der Waals surface area contributed by atoms with E-state index in [1.165, 1.54) is 41.3 Å². The van der Waals surface area contributed by atoms with Crippen LogP contribution in [0.5, 0.6) is 5.75 Å².